The van der Waals surface area contributed by atoms with Gasteiger partial charge in [-0.1, -0.05) is 13.8 Å². The first-order valence-electron chi connectivity index (χ1n) is 8.47. The number of anilines is 1. The number of halogens is 1. The largest absolute Gasteiger partial charge is 0.378 e. The van der Waals surface area contributed by atoms with Crippen LogP contribution in [0.15, 0.2) is 18.2 Å². The number of nitrogens with two attached hydrogens (primary N) is 1. The number of amides is 1. The molecule has 1 aliphatic carbocycles. The van der Waals surface area contributed by atoms with Gasteiger partial charge in [0.1, 0.15) is 17.0 Å². The van der Waals surface area contributed by atoms with Crippen molar-refractivity contribution in [3.8, 4) is 5.69 Å². The van der Waals surface area contributed by atoms with Crippen LogP contribution in [0, 0.1) is 18.2 Å². The highest BCUT2D eigenvalue weighted by atomic mass is 19.1. The molecule has 0 spiro atoms. The highest BCUT2D eigenvalue weighted by Crippen LogP contribution is 2.50. The third-order valence-electron chi connectivity index (χ3n) is 5.29. The Morgan fingerprint density at radius 2 is 2.23 bits per heavy atom. The molecule has 9 heteroatoms. The number of nitrogens with zero attached hydrogens (tertiary/aromatic N) is 4. The van der Waals surface area contributed by atoms with Gasteiger partial charge in [0.25, 0.3) is 0 Å². The van der Waals surface area contributed by atoms with Gasteiger partial charge in [-0.05, 0) is 42.5 Å². The molecule has 0 radical (unpaired) electrons. The Labute approximate surface area is 150 Å². The Kier molecular flexibility index (Phi) is 4.53. The zero-order valence-electron chi connectivity index (χ0n) is 15.3. The predicted octanol–water partition coefficient (Wildman–Crippen LogP) is 1.58. The van der Waals surface area contributed by atoms with E-state index in [-0.39, 0.29) is 17.7 Å². The van der Waals surface area contributed by atoms with Crippen LogP contribution >= 0.6 is 0 Å². The molecule has 2 aromatic rings. The summed E-state index contributed by atoms with van der Waals surface area (Å²) in [5, 5.41) is 13.8. The molecule has 8 nitrogen and oxygen atoms in total. The Bertz CT molecular complexity index is 836. The molecule has 3 rings (SSSR count). The quantitative estimate of drug-likeness (QED) is 0.836. The second-order valence-electron chi connectivity index (χ2n) is 7.10. The van der Waals surface area contributed by atoms with E-state index in [9.17, 15) is 9.18 Å². The first-order chi connectivity index (χ1) is 12.2. The second-order valence-corrected chi connectivity index (χ2v) is 7.10. The summed E-state index contributed by atoms with van der Waals surface area (Å²) in [6.45, 7) is 7.96. The number of ether oxygens (including phenoxy) is 1. The van der Waals surface area contributed by atoms with E-state index in [4.69, 9.17) is 10.5 Å². The lowest BCUT2D eigenvalue weighted by molar-refractivity contribution is -0.166. The number of aromatic nitrogens is 4. The minimum Gasteiger partial charge on any atom is -0.378 e. The number of aryl methyl sites for hydroxylation is 1. The summed E-state index contributed by atoms with van der Waals surface area (Å²) in [5.74, 6) is -0.395. The molecule has 2 unspecified atom stereocenters. The van der Waals surface area contributed by atoms with Gasteiger partial charge in [-0.2, -0.15) is 4.68 Å². The standard InChI is InChI=1S/C17H23FN6O2/c1-5-26-14-9-17(19,16(14,3)4)15(25)20-11-6-7-12(18)13(8-11)24-10(2)21-22-23-24/h6-8,14H,5,9,19H2,1-4H3,(H,20,25). The average molecular weight is 362 g/mol. The molecule has 1 aliphatic rings. The summed E-state index contributed by atoms with van der Waals surface area (Å²) in [6, 6.07) is 4.21. The third-order valence-corrected chi connectivity index (χ3v) is 5.29. The Morgan fingerprint density at radius 1 is 1.50 bits per heavy atom. The van der Waals surface area contributed by atoms with Crippen molar-refractivity contribution >= 4 is 11.6 Å². The van der Waals surface area contributed by atoms with Crippen molar-refractivity contribution in [1.82, 2.24) is 20.2 Å². The van der Waals surface area contributed by atoms with Crippen molar-refractivity contribution in [3.63, 3.8) is 0 Å². The predicted molar refractivity (Wildman–Crippen MR) is 93.2 cm³/mol. The number of tetrazole rings is 1. The SMILES string of the molecule is CCOC1CC(N)(C(=O)Nc2ccc(F)c(-n3nnnc3C)c2)C1(C)C. The van der Waals surface area contributed by atoms with Crippen molar-refractivity contribution in [1.29, 1.82) is 0 Å². The van der Waals surface area contributed by atoms with Gasteiger partial charge >= 0.3 is 0 Å². The summed E-state index contributed by atoms with van der Waals surface area (Å²) in [6.07, 6.45) is 0.357. The fraction of sp³-hybridized carbons (Fsp3) is 0.529. The smallest absolute Gasteiger partial charge is 0.245 e. The fourth-order valence-corrected chi connectivity index (χ4v) is 3.27. The lowest BCUT2D eigenvalue weighted by Gasteiger charge is -2.57. The Morgan fingerprint density at radius 3 is 2.81 bits per heavy atom. The highest BCUT2D eigenvalue weighted by molar-refractivity contribution is 6.00. The van der Waals surface area contributed by atoms with Gasteiger partial charge in [-0.15, -0.1) is 5.10 Å². The summed E-state index contributed by atoms with van der Waals surface area (Å²) in [4.78, 5) is 12.8. The van der Waals surface area contributed by atoms with Crippen LogP contribution in [0.5, 0.6) is 0 Å². The minimum atomic E-state index is -1.06. The Hall–Kier alpha value is -2.39. The van der Waals surface area contributed by atoms with Crippen molar-refractivity contribution in [2.45, 2.75) is 45.8 Å². The van der Waals surface area contributed by atoms with E-state index >= 15 is 0 Å². The normalized spacial score (nSPS) is 24.2. The number of rotatable bonds is 5. The zero-order valence-corrected chi connectivity index (χ0v) is 15.3. The molecule has 0 saturated heterocycles. The number of nitrogens with one attached hydrogen (secondary N) is 1. The molecule has 140 valence electrons. The minimum absolute atomic E-state index is 0.0732. The molecular weight excluding hydrogens is 339 g/mol. The monoisotopic (exact) mass is 362 g/mol. The van der Waals surface area contributed by atoms with Crippen LogP contribution < -0.4 is 11.1 Å². The van der Waals surface area contributed by atoms with E-state index in [0.29, 0.717) is 24.5 Å². The molecule has 1 saturated carbocycles. The number of carbonyl (C=O) groups is 1. The summed E-state index contributed by atoms with van der Waals surface area (Å²) >= 11 is 0. The molecule has 26 heavy (non-hydrogen) atoms. The van der Waals surface area contributed by atoms with E-state index < -0.39 is 16.8 Å². The Balaban J connectivity index is 1.82. The average Bonchev–Trinajstić information content (AvgIpc) is 3.02. The fourth-order valence-electron chi connectivity index (χ4n) is 3.27. The van der Waals surface area contributed by atoms with E-state index in [1.165, 1.54) is 22.9 Å². The van der Waals surface area contributed by atoms with Crippen LogP contribution in [0.1, 0.15) is 33.0 Å². The molecule has 1 aromatic heterocycles. The van der Waals surface area contributed by atoms with Gasteiger partial charge in [-0.3, -0.25) is 4.79 Å². The molecule has 0 aliphatic heterocycles. The highest BCUT2D eigenvalue weighted by Gasteiger charge is 2.62. The van der Waals surface area contributed by atoms with E-state index in [1.807, 2.05) is 20.8 Å². The van der Waals surface area contributed by atoms with Gasteiger partial charge in [0.05, 0.1) is 6.10 Å². The molecule has 0 bridgehead atoms. The van der Waals surface area contributed by atoms with Crippen LogP contribution in [0.4, 0.5) is 10.1 Å². The zero-order chi connectivity index (χ0) is 19.1. The molecule has 2 atom stereocenters. The van der Waals surface area contributed by atoms with Gasteiger partial charge in [0.2, 0.25) is 5.91 Å². The van der Waals surface area contributed by atoms with Gasteiger partial charge in [0.15, 0.2) is 5.82 Å². The van der Waals surface area contributed by atoms with E-state index in [0.717, 1.165) is 0 Å². The van der Waals surface area contributed by atoms with Crippen molar-refractivity contribution < 1.29 is 13.9 Å². The second kappa shape index (κ2) is 6.40. The molecule has 1 aromatic carbocycles. The summed E-state index contributed by atoms with van der Waals surface area (Å²) in [7, 11) is 0. The van der Waals surface area contributed by atoms with Gasteiger partial charge in [-0.25, -0.2) is 4.39 Å². The first-order valence-corrected chi connectivity index (χ1v) is 8.47. The maximum atomic E-state index is 14.2. The topological polar surface area (TPSA) is 108 Å². The van der Waals surface area contributed by atoms with Crippen LogP contribution in [0.2, 0.25) is 0 Å². The number of hydrogen-bond donors (Lipinski definition) is 2. The van der Waals surface area contributed by atoms with Crippen LogP contribution in [-0.2, 0) is 9.53 Å². The summed E-state index contributed by atoms with van der Waals surface area (Å²) < 4.78 is 21.1. The van der Waals surface area contributed by atoms with Gasteiger partial charge < -0.3 is 15.8 Å². The number of carbonyl (C=O) groups excluding carboxylic acids is 1. The number of benzene rings is 1. The van der Waals surface area contributed by atoms with Crippen LogP contribution in [-0.4, -0.2) is 44.4 Å². The molecule has 3 N–H and O–H groups in total. The van der Waals surface area contributed by atoms with Crippen molar-refractivity contribution in [2.24, 2.45) is 11.1 Å². The lowest BCUT2D eigenvalue weighted by atomic mass is 9.54. The van der Waals surface area contributed by atoms with Crippen molar-refractivity contribution in [3.05, 3.63) is 29.8 Å². The van der Waals surface area contributed by atoms with Crippen LogP contribution in [0.25, 0.3) is 5.69 Å². The number of hydrogen-bond acceptors (Lipinski definition) is 6. The maximum Gasteiger partial charge on any atom is 0.245 e. The van der Waals surface area contributed by atoms with E-state index in [1.54, 1.807) is 6.92 Å². The maximum absolute atomic E-state index is 14.2. The lowest BCUT2D eigenvalue weighted by Crippen LogP contribution is -2.74. The van der Waals surface area contributed by atoms with Crippen molar-refractivity contribution in [2.75, 3.05) is 11.9 Å². The van der Waals surface area contributed by atoms with Gasteiger partial charge in [0, 0.05) is 24.1 Å². The molecule has 1 fully saturated rings. The molecular formula is C17H23FN6O2. The molecule has 1 heterocycles. The first kappa shape index (κ1) is 18.4. The van der Waals surface area contributed by atoms with Crippen LogP contribution in [0.3, 0.4) is 0 Å². The molecule has 1 amide bonds. The third kappa shape index (κ3) is 2.77. The summed E-state index contributed by atoms with van der Waals surface area (Å²) in [5.41, 5.74) is 5.37. The van der Waals surface area contributed by atoms with E-state index in [2.05, 4.69) is 20.8 Å².